The predicted octanol–water partition coefficient (Wildman–Crippen LogP) is 5.46. The summed E-state index contributed by atoms with van der Waals surface area (Å²) in [6.07, 6.45) is 7.52. The van der Waals surface area contributed by atoms with Gasteiger partial charge in [0.25, 0.3) is 5.91 Å². The first-order valence-electron chi connectivity index (χ1n) is 11.3. The van der Waals surface area contributed by atoms with Crippen LogP contribution in [0.3, 0.4) is 0 Å². The number of hydrogen-bond acceptors (Lipinski definition) is 6. The Hall–Kier alpha value is -4.26. The Kier molecular flexibility index (Phi) is 7.35. The highest BCUT2D eigenvalue weighted by Crippen LogP contribution is 2.31. The quantitative estimate of drug-likeness (QED) is 0.369. The van der Waals surface area contributed by atoms with E-state index in [-0.39, 0.29) is 11.8 Å². The van der Waals surface area contributed by atoms with Gasteiger partial charge in [-0.1, -0.05) is 19.1 Å². The molecule has 0 aliphatic heterocycles. The number of carbonyl (C=O) groups is 1. The first-order valence-corrected chi connectivity index (χ1v) is 11.3. The number of ether oxygens (including phenoxy) is 2. The Morgan fingerprint density at radius 1 is 0.943 bits per heavy atom. The summed E-state index contributed by atoms with van der Waals surface area (Å²) in [6, 6.07) is 15.4. The van der Waals surface area contributed by atoms with Crippen molar-refractivity contribution in [1.82, 2.24) is 15.0 Å². The maximum atomic E-state index is 12.6. The van der Waals surface area contributed by atoms with Crippen LogP contribution >= 0.6 is 0 Å². The lowest BCUT2D eigenvalue weighted by atomic mass is 9.95. The van der Waals surface area contributed by atoms with Crippen molar-refractivity contribution < 1.29 is 14.3 Å². The zero-order valence-corrected chi connectivity index (χ0v) is 20.3. The third-order valence-electron chi connectivity index (χ3n) is 5.73. The summed E-state index contributed by atoms with van der Waals surface area (Å²) < 4.78 is 10.7. The maximum Gasteiger partial charge on any atom is 0.257 e. The van der Waals surface area contributed by atoms with Crippen LogP contribution in [0.15, 0.2) is 73.3 Å². The van der Waals surface area contributed by atoms with Crippen molar-refractivity contribution in [3.63, 3.8) is 0 Å². The molecule has 0 saturated carbocycles. The summed E-state index contributed by atoms with van der Waals surface area (Å²) in [4.78, 5) is 25.9. The second-order valence-corrected chi connectivity index (χ2v) is 8.40. The number of carbonyl (C=O) groups excluding carboxylic acids is 1. The van der Waals surface area contributed by atoms with Crippen LogP contribution in [0.4, 0.5) is 5.69 Å². The van der Waals surface area contributed by atoms with Crippen molar-refractivity contribution in [2.45, 2.75) is 26.2 Å². The van der Waals surface area contributed by atoms with Crippen LogP contribution in [-0.4, -0.2) is 35.1 Å². The summed E-state index contributed by atoms with van der Waals surface area (Å²) in [5.74, 6) is 1.30. The molecule has 0 fully saturated rings. The molecule has 178 valence electrons. The highest BCUT2D eigenvalue weighted by Gasteiger charge is 2.13. The molecule has 0 saturated heterocycles. The van der Waals surface area contributed by atoms with Gasteiger partial charge in [0.05, 0.1) is 37.4 Å². The molecule has 4 rings (SSSR count). The zero-order chi connectivity index (χ0) is 24.8. The van der Waals surface area contributed by atoms with Gasteiger partial charge in [0, 0.05) is 29.8 Å². The minimum Gasteiger partial charge on any atom is -0.493 e. The fraction of sp³-hybridized carbons (Fsp3) is 0.214. The lowest BCUT2D eigenvalue weighted by Gasteiger charge is -2.14. The number of hydrogen-bond donors (Lipinski definition) is 1. The highest BCUT2D eigenvalue weighted by molar-refractivity contribution is 6.04. The number of nitrogens with one attached hydrogen (secondary N) is 1. The van der Waals surface area contributed by atoms with Crippen LogP contribution in [0.1, 0.15) is 40.0 Å². The second-order valence-electron chi connectivity index (χ2n) is 8.40. The van der Waals surface area contributed by atoms with Gasteiger partial charge in [-0.2, -0.15) is 0 Å². The molecule has 7 nitrogen and oxygen atoms in total. The van der Waals surface area contributed by atoms with E-state index in [1.807, 2.05) is 49.4 Å². The maximum absolute atomic E-state index is 12.6. The highest BCUT2D eigenvalue weighted by atomic mass is 16.5. The van der Waals surface area contributed by atoms with Crippen LogP contribution < -0.4 is 14.8 Å². The third kappa shape index (κ3) is 5.81. The normalized spacial score (nSPS) is 11.5. The number of methoxy groups -OCH3 is 2. The largest absolute Gasteiger partial charge is 0.493 e. The molecule has 0 aliphatic carbocycles. The van der Waals surface area contributed by atoms with Gasteiger partial charge in [-0.05, 0) is 66.8 Å². The van der Waals surface area contributed by atoms with E-state index in [0.717, 1.165) is 33.8 Å². The number of aryl methyl sites for hydroxylation is 1. The average molecular weight is 469 g/mol. The average Bonchev–Trinajstić information content (AvgIpc) is 2.88. The van der Waals surface area contributed by atoms with Gasteiger partial charge in [0.15, 0.2) is 11.5 Å². The van der Waals surface area contributed by atoms with Crippen molar-refractivity contribution in [3.8, 4) is 22.8 Å². The van der Waals surface area contributed by atoms with Gasteiger partial charge in [-0.15, -0.1) is 0 Å². The molecule has 0 radical (unpaired) electrons. The number of benzene rings is 2. The standard InChI is InChI=1S/C28H28N4O3/c1-18-10-22(15-29-14-18)28(33)32-23-7-5-6-20(12-23)19(2)11-24-16-30-17-25(31-24)21-8-9-26(34-3)27(13-21)35-4/h5-10,12-17,19H,11H2,1-4H3,(H,32,33)/t19-/m1/s1. The number of pyridine rings is 1. The van der Waals surface area contributed by atoms with E-state index in [1.165, 1.54) is 0 Å². The monoisotopic (exact) mass is 468 g/mol. The smallest absolute Gasteiger partial charge is 0.257 e. The van der Waals surface area contributed by atoms with Gasteiger partial charge in [0.1, 0.15) is 0 Å². The van der Waals surface area contributed by atoms with E-state index in [1.54, 1.807) is 39.0 Å². The Morgan fingerprint density at radius 3 is 2.51 bits per heavy atom. The fourth-order valence-electron chi connectivity index (χ4n) is 3.88. The molecule has 1 amide bonds. The van der Waals surface area contributed by atoms with Gasteiger partial charge in [0.2, 0.25) is 0 Å². The third-order valence-corrected chi connectivity index (χ3v) is 5.73. The van der Waals surface area contributed by atoms with Crippen LogP contribution in [-0.2, 0) is 6.42 Å². The second kappa shape index (κ2) is 10.8. The summed E-state index contributed by atoms with van der Waals surface area (Å²) in [5, 5.41) is 2.97. The Bertz CT molecular complexity index is 1340. The molecule has 4 aromatic rings. The summed E-state index contributed by atoms with van der Waals surface area (Å²) >= 11 is 0. The molecule has 0 aliphatic rings. The summed E-state index contributed by atoms with van der Waals surface area (Å²) in [5.41, 5.74) is 5.87. The van der Waals surface area contributed by atoms with E-state index in [9.17, 15) is 4.79 Å². The number of aromatic nitrogens is 3. The van der Waals surface area contributed by atoms with E-state index >= 15 is 0 Å². The molecule has 2 heterocycles. The first kappa shape index (κ1) is 23.9. The van der Waals surface area contributed by atoms with Crippen molar-refractivity contribution in [2.24, 2.45) is 0 Å². The molecule has 35 heavy (non-hydrogen) atoms. The summed E-state index contributed by atoms with van der Waals surface area (Å²) in [7, 11) is 3.22. The van der Waals surface area contributed by atoms with Gasteiger partial charge in [-0.25, -0.2) is 4.98 Å². The zero-order valence-electron chi connectivity index (χ0n) is 20.3. The molecule has 1 N–H and O–H groups in total. The molecule has 0 unspecified atom stereocenters. The topological polar surface area (TPSA) is 86.2 Å². The van der Waals surface area contributed by atoms with Gasteiger partial charge in [-0.3, -0.25) is 14.8 Å². The molecule has 0 spiro atoms. The van der Waals surface area contributed by atoms with Crippen LogP contribution in [0, 0.1) is 6.92 Å². The molecule has 0 bridgehead atoms. The molecular weight excluding hydrogens is 440 g/mol. The van der Waals surface area contributed by atoms with Crippen molar-refractivity contribution >= 4 is 11.6 Å². The predicted molar refractivity (Wildman–Crippen MR) is 136 cm³/mol. The number of nitrogens with zero attached hydrogens (tertiary/aromatic N) is 3. The van der Waals surface area contributed by atoms with E-state index < -0.39 is 0 Å². The lowest BCUT2D eigenvalue weighted by molar-refractivity contribution is 0.102. The molecular formula is C28H28N4O3. The SMILES string of the molecule is COc1ccc(-c2cncc(C[C@@H](C)c3cccc(NC(=O)c4cncc(C)c4)c3)n2)cc1OC. The molecule has 2 aromatic heterocycles. The molecule has 7 heteroatoms. The van der Waals surface area contributed by atoms with Crippen molar-refractivity contribution in [3.05, 3.63) is 95.7 Å². The minimum absolute atomic E-state index is 0.169. The van der Waals surface area contributed by atoms with E-state index in [2.05, 4.69) is 28.3 Å². The van der Waals surface area contributed by atoms with Crippen LogP contribution in [0.2, 0.25) is 0 Å². The van der Waals surface area contributed by atoms with Crippen LogP contribution in [0.5, 0.6) is 11.5 Å². The van der Waals surface area contributed by atoms with E-state index in [4.69, 9.17) is 14.5 Å². The van der Waals surface area contributed by atoms with Crippen molar-refractivity contribution in [2.75, 3.05) is 19.5 Å². The van der Waals surface area contributed by atoms with E-state index in [0.29, 0.717) is 23.5 Å². The number of anilines is 1. The number of amides is 1. The van der Waals surface area contributed by atoms with Gasteiger partial charge >= 0.3 is 0 Å². The summed E-state index contributed by atoms with van der Waals surface area (Å²) in [6.45, 7) is 4.05. The first-order chi connectivity index (χ1) is 17.0. The fourth-order valence-corrected chi connectivity index (χ4v) is 3.88. The van der Waals surface area contributed by atoms with Crippen LogP contribution in [0.25, 0.3) is 11.3 Å². The Morgan fingerprint density at radius 2 is 1.74 bits per heavy atom. The number of rotatable bonds is 8. The van der Waals surface area contributed by atoms with Crippen molar-refractivity contribution in [1.29, 1.82) is 0 Å². The lowest BCUT2D eigenvalue weighted by Crippen LogP contribution is -2.12. The minimum atomic E-state index is -0.181. The molecule has 1 atom stereocenters. The van der Waals surface area contributed by atoms with Gasteiger partial charge < -0.3 is 14.8 Å². The Balaban J connectivity index is 1.49. The Labute approximate surface area is 205 Å². The molecule has 2 aromatic carbocycles.